The molecule has 52 heavy (non-hydrogen) atoms. The smallest absolute Gasteiger partial charge is 0.380 e. The molecule has 1 fully saturated rings. The number of esters is 1. The van der Waals surface area contributed by atoms with Crippen LogP contribution >= 0.6 is 0 Å². The second-order valence-electron chi connectivity index (χ2n) is 12.6. The molecule has 0 spiro atoms. The lowest BCUT2D eigenvalue weighted by atomic mass is 9.90. The summed E-state index contributed by atoms with van der Waals surface area (Å²) in [7, 11) is 0. The molecule has 7 nitrogen and oxygen atoms in total. The van der Waals surface area contributed by atoms with Crippen LogP contribution in [0, 0.1) is 0 Å². The van der Waals surface area contributed by atoms with Gasteiger partial charge in [-0.25, -0.2) is 4.79 Å². The van der Waals surface area contributed by atoms with Crippen LogP contribution < -0.4 is 0 Å². The van der Waals surface area contributed by atoms with Crippen molar-refractivity contribution in [2.75, 3.05) is 6.61 Å². The molecular weight excluding hydrogens is 666 g/mol. The molecule has 1 aliphatic heterocycles. The van der Waals surface area contributed by atoms with Crippen molar-refractivity contribution in [3.63, 3.8) is 0 Å². The minimum absolute atomic E-state index is 0.0493. The van der Waals surface area contributed by atoms with E-state index in [4.69, 9.17) is 28.4 Å². The van der Waals surface area contributed by atoms with Gasteiger partial charge in [-0.05, 0) is 27.8 Å². The maximum atomic E-state index is 16.6. The highest BCUT2D eigenvalue weighted by atomic mass is 19.3. The van der Waals surface area contributed by atoms with Gasteiger partial charge in [0.25, 0.3) is 0 Å². The molecule has 1 saturated heterocycles. The highest BCUT2D eigenvalue weighted by molar-refractivity contribution is 5.78. The molecule has 1 heterocycles. The molecule has 1 aliphatic rings. The molecule has 9 heteroatoms. The summed E-state index contributed by atoms with van der Waals surface area (Å²) in [6.45, 7) is -0.104. The van der Waals surface area contributed by atoms with Gasteiger partial charge in [0, 0.05) is 0 Å². The Kier molecular flexibility index (Phi) is 13.3. The molecule has 0 amide bonds. The fraction of sp³-hybridized carbons (Fsp3) is 0.279. The lowest BCUT2D eigenvalue weighted by Gasteiger charge is -2.47. The Morgan fingerprint density at radius 1 is 0.500 bits per heavy atom. The molecule has 0 aromatic heterocycles. The van der Waals surface area contributed by atoms with Crippen molar-refractivity contribution in [2.45, 2.75) is 69.5 Å². The number of halogens is 2. The van der Waals surface area contributed by atoms with E-state index in [1.165, 1.54) is 0 Å². The van der Waals surface area contributed by atoms with Crippen LogP contribution in [0.25, 0.3) is 0 Å². The lowest BCUT2D eigenvalue weighted by Crippen LogP contribution is -2.66. The highest BCUT2D eigenvalue weighted by Crippen LogP contribution is 2.38. The molecule has 0 N–H and O–H groups in total. The maximum Gasteiger partial charge on any atom is 0.380 e. The van der Waals surface area contributed by atoms with Crippen LogP contribution in [-0.4, -0.2) is 49.0 Å². The van der Waals surface area contributed by atoms with Gasteiger partial charge in [-0.1, -0.05) is 152 Å². The van der Waals surface area contributed by atoms with Crippen LogP contribution in [0.15, 0.2) is 152 Å². The van der Waals surface area contributed by atoms with Crippen LogP contribution in [0.4, 0.5) is 8.78 Å². The predicted molar refractivity (Wildman–Crippen MR) is 191 cm³/mol. The molecular formula is C43H42F2O7. The second-order valence-corrected chi connectivity index (χ2v) is 12.6. The number of carbonyl (C=O) groups excluding carboxylic acids is 1. The molecule has 0 radical (unpaired) electrons. The first-order chi connectivity index (χ1) is 25.5. The molecule has 0 bridgehead atoms. The molecule has 270 valence electrons. The minimum Gasteiger partial charge on any atom is -0.456 e. The Hall–Kier alpha value is -4.77. The summed E-state index contributed by atoms with van der Waals surface area (Å²) in [4.78, 5) is 13.3. The number of carbonyl (C=O) groups is 1. The zero-order valence-corrected chi connectivity index (χ0v) is 28.7. The normalized spacial score (nSPS) is 20.3. The van der Waals surface area contributed by atoms with E-state index in [-0.39, 0.29) is 39.6 Å². The van der Waals surface area contributed by atoms with Crippen LogP contribution in [-0.2, 0) is 66.3 Å². The summed E-state index contributed by atoms with van der Waals surface area (Å²) in [6, 6.07) is 46.2. The summed E-state index contributed by atoms with van der Waals surface area (Å²) in [6.07, 6.45) is -6.71. The summed E-state index contributed by atoms with van der Waals surface area (Å²) in [5.74, 6) is -5.88. The Morgan fingerprint density at radius 3 is 1.31 bits per heavy atom. The number of alkyl halides is 2. The topological polar surface area (TPSA) is 72.5 Å². The van der Waals surface area contributed by atoms with Crippen LogP contribution in [0.3, 0.4) is 0 Å². The fourth-order valence-corrected chi connectivity index (χ4v) is 6.02. The largest absolute Gasteiger partial charge is 0.456 e. The monoisotopic (exact) mass is 708 g/mol. The minimum atomic E-state index is -4.15. The van der Waals surface area contributed by atoms with Gasteiger partial charge in [-0.15, -0.1) is 0 Å². The van der Waals surface area contributed by atoms with Crippen LogP contribution in [0.2, 0.25) is 0 Å². The second kappa shape index (κ2) is 18.6. The SMILES string of the molecule is O=C(OCc1ccccc1)C(F)(F)[C@H]1OC(COCc2ccccc2)[C@H](OCc2ccccc2)[C@H](OCc2ccccc2)[C@H]1OCc1ccccc1. The van der Waals surface area contributed by atoms with Crippen molar-refractivity contribution < 1.29 is 42.0 Å². The van der Waals surface area contributed by atoms with Gasteiger partial charge in [0.2, 0.25) is 0 Å². The molecule has 5 aromatic rings. The van der Waals surface area contributed by atoms with Gasteiger partial charge in [-0.2, -0.15) is 8.78 Å². The first-order valence-electron chi connectivity index (χ1n) is 17.3. The quantitative estimate of drug-likeness (QED) is 0.0905. The van der Waals surface area contributed by atoms with E-state index in [9.17, 15) is 4.79 Å². The number of hydrogen-bond donors (Lipinski definition) is 0. The van der Waals surface area contributed by atoms with Gasteiger partial charge in [0.05, 0.1) is 33.0 Å². The third-order valence-electron chi connectivity index (χ3n) is 8.73. The molecule has 1 unspecified atom stereocenters. The van der Waals surface area contributed by atoms with Crippen molar-refractivity contribution in [3.05, 3.63) is 179 Å². The molecule has 5 atom stereocenters. The predicted octanol–water partition coefficient (Wildman–Crippen LogP) is 8.11. The zero-order chi connectivity index (χ0) is 36.0. The van der Waals surface area contributed by atoms with Crippen LogP contribution in [0.5, 0.6) is 0 Å². The lowest BCUT2D eigenvalue weighted by molar-refractivity contribution is -0.308. The van der Waals surface area contributed by atoms with Crippen molar-refractivity contribution in [1.82, 2.24) is 0 Å². The number of benzene rings is 5. The molecule has 0 aliphatic carbocycles. The average Bonchev–Trinajstić information content (AvgIpc) is 3.19. The van der Waals surface area contributed by atoms with E-state index in [1.807, 2.05) is 121 Å². The van der Waals surface area contributed by atoms with E-state index in [1.54, 1.807) is 30.3 Å². The standard InChI is InChI=1S/C43H42F2O7/c44-43(45,42(46)51-30-36-24-14-5-15-25-36)41-40(50-29-35-22-12-4-13-23-35)39(49-28-34-20-10-3-11-21-34)38(48-27-33-18-8-2-9-19-33)37(52-41)31-47-26-32-16-6-1-7-17-32/h1-25,37-41H,26-31H2/t37?,38-,39-,40+,41-/m0/s1. The van der Waals surface area contributed by atoms with Crippen molar-refractivity contribution in [1.29, 1.82) is 0 Å². The number of hydrogen-bond acceptors (Lipinski definition) is 7. The summed E-state index contributed by atoms with van der Waals surface area (Å²) >= 11 is 0. The van der Waals surface area contributed by atoms with Gasteiger partial charge in [0.15, 0.2) is 6.10 Å². The van der Waals surface area contributed by atoms with Crippen molar-refractivity contribution in [2.24, 2.45) is 0 Å². The van der Waals surface area contributed by atoms with E-state index >= 15 is 8.78 Å². The van der Waals surface area contributed by atoms with Crippen molar-refractivity contribution in [3.8, 4) is 0 Å². The highest BCUT2D eigenvalue weighted by Gasteiger charge is 2.61. The molecule has 5 aromatic carbocycles. The molecule has 6 rings (SSSR count). The van der Waals surface area contributed by atoms with Crippen LogP contribution in [0.1, 0.15) is 27.8 Å². The van der Waals surface area contributed by atoms with E-state index in [2.05, 4.69) is 0 Å². The average molecular weight is 709 g/mol. The summed E-state index contributed by atoms with van der Waals surface area (Å²) in [5.41, 5.74) is 3.89. The van der Waals surface area contributed by atoms with Gasteiger partial charge >= 0.3 is 11.9 Å². The Labute approximate surface area is 303 Å². The summed E-state index contributed by atoms with van der Waals surface area (Å²) < 4.78 is 70.2. The Bertz CT molecular complexity index is 1760. The van der Waals surface area contributed by atoms with Crippen molar-refractivity contribution >= 4 is 5.97 Å². The fourth-order valence-electron chi connectivity index (χ4n) is 6.02. The van der Waals surface area contributed by atoms with Gasteiger partial charge in [-0.3, -0.25) is 0 Å². The Morgan fingerprint density at radius 2 is 0.865 bits per heavy atom. The van der Waals surface area contributed by atoms with E-state index in [0.29, 0.717) is 5.56 Å². The first-order valence-corrected chi connectivity index (χ1v) is 17.3. The van der Waals surface area contributed by atoms with Gasteiger partial charge < -0.3 is 28.4 Å². The molecule has 0 saturated carbocycles. The first kappa shape index (κ1) is 37.0. The Balaban J connectivity index is 1.34. The zero-order valence-electron chi connectivity index (χ0n) is 28.7. The van der Waals surface area contributed by atoms with Gasteiger partial charge in [0.1, 0.15) is 31.0 Å². The van der Waals surface area contributed by atoms with E-state index < -0.39 is 42.4 Å². The number of rotatable bonds is 17. The number of ether oxygens (including phenoxy) is 6. The maximum absolute atomic E-state index is 16.6. The van der Waals surface area contributed by atoms with E-state index in [0.717, 1.165) is 22.3 Å². The third kappa shape index (κ3) is 10.2. The third-order valence-corrected chi connectivity index (χ3v) is 8.73. The summed E-state index contributed by atoms with van der Waals surface area (Å²) in [5, 5.41) is 0.